The van der Waals surface area contributed by atoms with Crippen LogP contribution in [0.25, 0.3) is 0 Å². The molecule has 0 N–H and O–H groups in total. The van der Waals surface area contributed by atoms with Crippen molar-refractivity contribution in [3.63, 3.8) is 0 Å². The first-order chi connectivity index (χ1) is 13.2. The van der Waals surface area contributed by atoms with E-state index in [4.69, 9.17) is 9.26 Å². The molecule has 0 atom stereocenters. The lowest BCUT2D eigenvalue weighted by atomic mass is 10.2. The predicted molar refractivity (Wildman–Crippen MR) is 109 cm³/mol. The zero-order valence-electron chi connectivity index (χ0n) is 17.3. The maximum absolute atomic E-state index is 12.6. The van der Waals surface area contributed by atoms with Crippen molar-refractivity contribution in [3.05, 3.63) is 46.8 Å². The fraction of sp³-hybridized carbons (Fsp3) is 0.476. The Bertz CT molecular complexity index is 802. The average Bonchev–Trinajstić information content (AvgIpc) is 2.95. The third-order valence-corrected chi connectivity index (χ3v) is 5.49. The minimum Gasteiger partial charge on any atom is -0.452 e. The smallest absolute Gasteiger partial charge is 0.339 e. The lowest BCUT2D eigenvalue weighted by molar-refractivity contribution is -0.138. The monoisotopic (exact) mass is 404 g/mol. The molecule has 0 radical (unpaired) electrons. The Balaban J connectivity index is 2.05. The van der Waals surface area contributed by atoms with Crippen molar-refractivity contribution in [2.45, 2.75) is 64.3 Å². The zero-order chi connectivity index (χ0) is 20.8. The summed E-state index contributed by atoms with van der Waals surface area (Å²) in [7, 11) is 0. The van der Waals surface area contributed by atoms with Gasteiger partial charge in [-0.25, -0.2) is 4.79 Å². The van der Waals surface area contributed by atoms with Gasteiger partial charge in [0.05, 0.1) is 11.3 Å². The highest BCUT2D eigenvalue weighted by molar-refractivity contribution is 7.98. The molecule has 1 amide bonds. The topological polar surface area (TPSA) is 72.6 Å². The van der Waals surface area contributed by atoms with Crippen LogP contribution in [-0.2, 0) is 15.3 Å². The summed E-state index contributed by atoms with van der Waals surface area (Å²) in [5.41, 5.74) is 2.32. The molecule has 1 aromatic heterocycles. The second-order valence-corrected chi connectivity index (χ2v) is 8.17. The van der Waals surface area contributed by atoms with Gasteiger partial charge in [0.25, 0.3) is 5.91 Å². The molecule has 28 heavy (non-hydrogen) atoms. The van der Waals surface area contributed by atoms with Crippen LogP contribution >= 0.6 is 11.8 Å². The lowest BCUT2D eigenvalue weighted by Crippen LogP contribution is -2.44. The summed E-state index contributed by atoms with van der Waals surface area (Å²) in [5.74, 6) is 0.721. The minimum atomic E-state index is -0.498. The molecule has 0 saturated carbocycles. The van der Waals surface area contributed by atoms with Crippen LogP contribution in [0.4, 0.5) is 0 Å². The van der Waals surface area contributed by atoms with Crippen LogP contribution in [0.5, 0.6) is 0 Å². The Labute approximate surface area is 170 Å². The van der Waals surface area contributed by atoms with Crippen LogP contribution in [0.2, 0.25) is 0 Å². The second-order valence-electron chi connectivity index (χ2n) is 7.15. The average molecular weight is 405 g/mol. The summed E-state index contributed by atoms with van der Waals surface area (Å²) < 4.78 is 10.5. The number of thioether (sulfide) groups is 1. The van der Waals surface area contributed by atoms with E-state index in [9.17, 15) is 9.59 Å². The number of hydrogen-bond acceptors (Lipinski definition) is 6. The first kappa shape index (κ1) is 22.0. The molecule has 0 aliphatic rings. The van der Waals surface area contributed by atoms with E-state index < -0.39 is 5.97 Å². The molecule has 6 nitrogen and oxygen atoms in total. The van der Waals surface area contributed by atoms with E-state index in [0.717, 1.165) is 21.9 Å². The van der Waals surface area contributed by atoms with Crippen molar-refractivity contribution in [2.24, 2.45) is 0 Å². The molecule has 152 valence electrons. The van der Waals surface area contributed by atoms with Crippen LogP contribution in [0.3, 0.4) is 0 Å². The molecule has 1 heterocycles. The van der Waals surface area contributed by atoms with Gasteiger partial charge in [-0.1, -0.05) is 17.3 Å². The Kier molecular flexibility index (Phi) is 7.69. The van der Waals surface area contributed by atoms with Gasteiger partial charge in [-0.15, -0.1) is 11.8 Å². The molecule has 0 spiro atoms. The number of benzene rings is 1. The van der Waals surface area contributed by atoms with E-state index in [1.165, 1.54) is 11.8 Å². The van der Waals surface area contributed by atoms with Gasteiger partial charge in [0.1, 0.15) is 5.76 Å². The molecular formula is C21H28N2O4S. The Morgan fingerprint density at radius 2 is 1.79 bits per heavy atom. The summed E-state index contributed by atoms with van der Waals surface area (Å²) in [4.78, 5) is 27.5. The number of esters is 1. The van der Waals surface area contributed by atoms with Gasteiger partial charge >= 0.3 is 5.97 Å². The van der Waals surface area contributed by atoms with Crippen molar-refractivity contribution in [1.82, 2.24) is 10.1 Å². The summed E-state index contributed by atoms with van der Waals surface area (Å²) in [6.45, 7) is 11.3. The molecule has 2 rings (SSSR count). The zero-order valence-corrected chi connectivity index (χ0v) is 18.1. The number of nitrogens with zero attached hydrogens (tertiary/aromatic N) is 2. The summed E-state index contributed by atoms with van der Waals surface area (Å²) >= 11 is 1.52. The van der Waals surface area contributed by atoms with Crippen molar-refractivity contribution in [2.75, 3.05) is 6.61 Å². The maximum Gasteiger partial charge on any atom is 0.339 e. The number of rotatable bonds is 8. The first-order valence-electron chi connectivity index (χ1n) is 9.34. The third-order valence-electron chi connectivity index (χ3n) is 4.39. The summed E-state index contributed by atoms with van der Waals surface area (Å²) in [5, 5.41) is 3.96. The van der Waals surface area contributed by atoms with E-state index >= 15 is 0 Å². The number of carbonyl (C=O) groups excluding carboxylic acids is 2. The largest absolute Gasteiger partial charge is 0.452 e. The minimum absolute atomic E-state index is 0.0455. The number of ether oxygens (including phenoxy) is 1. The maximum atomic E-state index is 12.6. The number of aryl methyl sites for hydroxylation is 2. The molecule has 0 fully saturated rings. The van der Waals surface area contributed by atoms with Gasteiger partial charge in [-0.3, -0.25) is 4.79 Å². The molecule has 0 aliphatic heterocycles. The Morgan fingerprint density at radius 1 is 1.14 bits per heavy atom. The molecule has 0 saturated heterocycles. The fourth-order valence-electron chi connectivity index (χ4n) is 3.07. The quantitative estimate of drug-likeness (QED) is 0.480. The van der Waals surface area contributed by atoms with Crippen LogP contribution in [0.1, 0.15) is 55.1 Å². The van der Waals surface area contributed by atoms with Crippen LogP contribution < -0.4 is 0 Å². The SMILES string of the molecule is Cc1noc(C)c1CSc1ccccc1C(=O)OCC(=O)N(C(C)C)C(C)C. The normalized spacial score (nSPS) is 11.1. The van der Waals surface area contributed by atoms with E-state index in [0.29, 0.717) is 11.3 Å². The highest BCUT2D eigenvalue weighted by Crippen LogP contribution is 2.29. The Morgan fingerprint density at radius 3 is 2.36 bits per heavy atom. The van der Waals surface area contributed by atoms with Crippen LogP contribution in [0, 0.1) is 13.8 Å². The van der Waals surface area contributed by atoms with Crippen molar-refractivity contribution >= 4 is 23.6 Å². The molecule has 0 unspecified atom stereocenters. The molecule has 1 aromatic carbocycles. The first-order valence-corrected chi connectivity index (χ1v) is 10.3. The highest BCUT2D eigenvalue weighted by Gasteiger charge is 2.22. The van der Waals surface area contributed by atoms with Crippen LogP contribution in [0.15, 0.2) is 33.7 Å². The van der Waals surface area contributed by atoms with E-state index in [1.54, 1.807) is 17.0 Å². The van der Waals surface area contributed by atoms with E-state index in [1.807, 2.05) is 53.7 Å². The predicted octanol–water partition coefficient (Wildman–Crippen LogP) is 4.39. The van der Waals surface area contributed by atoms with Crippen molar-refractivity contribution in [1.29, 1.82) is 0 Å². The number of aromatic nitrogens is 1. The Hall–Kier alpha value is -2.28. The van der Waals surface area contributed by atoms with Crippen LogP contribution in [-0.4, -0.2) is 40.6 Å². The van der Waals surface area contributed by atoms with E-state index in [-0.39, 0.29) is 24.6 Å². The second kappa shape index (κ2) is 9.78. The standard InChI is InChI=1S/C21H28N2O4S/c1-13(2)23(14(3)4)20(24)11-26-21(25)17-9-7-8-10-19(17)28-12-18-15(5)22-27-16(18)6/h7-10,13-14H,11-12H2,1-6H3. The summed E-state index contributed by atoms with van der Waals surface area (Å²) in [6.07, 6.45) is 0. The van der Waals surface area contributed by atoms with Gasteiger partial charge in [0, 0.05) is 28.3 Å². The molecule has 0 bridgehead atoms. The van der Waals surface area contributed by atoms with E-state index in [2.05, 4.69) is 5.16 Å². The molecule has 2 aromatic rings. The van der Waals surface area contributed by atoms with Gasteiger partial charge in [-0.2, -0.15) is 0 Å². The fourth-order valence-corrected chi connectivity index (χ4v) is 4.26. The molecule has 7 heteroatoms. The number of carbonyl (C=O) groups is 2. The molecular weight excluding hydrogens is 376 g/mol. The van der Waals surface area contributed by atoms with Gasteiger partial charge < -0.3 is 14.2 Å². The van der Waals surface area contributed by atoms with Gasteiger partial charge in [-0.05, 0) is 53.7 Å². The lowest BCUT2D eigenvalue weighted by Gasteiger charge is -2.30. The highest BCUT2D eigenvalue weighted by atomic mass is 32.2. The number of hydrogen-bond donors (Lipinski definition) is 0. The molecule has 0 aliphatic carbocycles. The van der Waals surface area contributed by atoms with Crippen molar-refractivity contribution < 1.29 is 18.8 Å². The van der Waals surface area contributed by atoms with Gasteiger partial charge in [0.2, 0.25) is 0 Å². The van der Waals surface area contributed by atoms with Crippen molar-refractivity contribution in [3.8, 4) is 0 Å². The third kappa shape index (κ3) is 5.38. The van der Waals surface area contributed by atoms with Gasteiger partial charge in [0.15, 0.2) is 6.61 Å². The number of amides is 1. The summed E-state index contributed by atoms with van der Waals surface area (Å²) in [6, 6.07) is 7.33.